The van der Waals surface area contributed by atoms with Crippen LogP contribution in [0.5, 0.6) is 0 Å². The summed E-state index contributed by atoms with van der Waals surface area (Å²) >= 11 is 6.77. The highest BCUT2D eigenvalue weighted by Gasteiger charge is 2.52. The van der Waals surface area contributed by atoms with Crippen LogP contribution in [0.4, 0.5) is 5.69 Å². The molecule has 1 fully saturated rings. The third-order valence-corrected chi connectivity index (χ3v) is 28.2. The molecule has 0 atom stereocenters. The van der Waals surface area contributed by atoms with E-state index in [9.17, 15) is 9.59 Å². The Morgan fingerprint density at radius 1 is 0.293 bits per heavy atom. The van der Waals surface area contributed by atoms with Crippen molar-refractivity contribution < 1.29 is 18.9 Å². The second-order valence-corrected chi connectivity index (χ2v) is 38.8. The fourth-order valence-corrected chi connectivity index (χ4v) is 19.8. The summed E-state index contributed by atoms with van der Waals surface area (Å²) in [5.41, 5.74) is 32.2. The molecule has 1 aliphatic heterocycles. The zero-order valence-corrected chi connectivity index (χ0v) is 83.3. The number of ketones is 1. The molecular formula is C125H86BBr2N15O4. The van der Waals surface area contributed by atoms with Gasteiger partial charge in [0.05, 0.1) is 119 Å². The Morgan fingerprint density at radius 3 is 1.01 bits per heavy atom. The number of aromatic nitrogens is 14. The lowest BCUT2D eigenvalue weighted by Crippen LogP contribution is -2.41. The van der Waals surface area contributed by atoms with Crippen LogP contribution < -0.4 is 11.2 Å². The third kappa shape index (κ3) is 18.6. The number of nitrogens with zero attached hydrogens (tertiary/aromatic N) is 14. The van der Waals surface area contributed by atoms with Crippen molar-refractivity contribution in [1.82, 2.24) is 69.8 Å². The summed E-state index contributed by atoms with van der Waals surface area (Å²) in [6.07, 6.45) is 16.3. The molecule has 0 radical (unpaired) electrons. The summed E-state index contributed by atoms with van der Waals surface area (Å²) in [6.45, 7) is 9.84. The summed E-state index contributed by atoms with van der Waals surface area (Å²) in [7, 11) is -0.367. The number of anilines is 1. The molecule has 0 saturated carbocycles. The highest BCUT2D eigenvalue weighted by molar-refractivity contribution is 9.10. The number of carbonyl (C=O) groups is 2. The van der Waals surface area contributed by atoms with E-state index >= 15 is 0 Å². The summed E-state index contributed by atoms with van der Waals surface area (Å²) in [5.74, 6) is 0.0689. The highest BCUT2D eigenvalue weighted by atomic mass is 79.9. The monoisotopic (exact) mass is 2030 g/mol. The van der Waals surface area contributed by atoms with Gasteiger partial charge in [-0.1, -0.05) is 262 Å². The largest absolute Gasteiger partial charge is 0.494 e. The summed E-state index contributed by atoms with van der Waals surface area (Å²) in [6, 6.07) is 122. The van der Waals surface area contributed by atoms with Crippen LogP contribution in [0.3, 0.4) is 0 Å². The van der Waals surface area contributed by atoms with Crippen molar-refractivity contribution in [2.45, 2.75) is 45.8 Å². The van der Waals surface area contributed by atoms with Crippen molar-refractivity contribution in [3.63, 3.8) is 0 Å². The number of benzene rings is 14. The van der Waals surface area contributed by atoms with Crippen molar-refractivity contribution >= 4 is 204 Å². The number of Topliss-reactive ketones (excluding diaryl/α,β-unsaturated/α-hetero) is 1. The van der Waals surface area contributed by atoms with Crippen LogP contribution in [-0.4, -0.2) is 100 Å². The summed E-state index contributed by atoms with van der Waals surface area (Å²) < 4.78 is 14.2. The third-order valence-electron chi connectivity index (χ3n) is 27.3. The van der Waals surface area contributed by atoms with Crippen LogP contribution in [0, 0.1) is 0 Å². The minimum Gasteiger partial charge on any atom is -0.399 e. The molecule has 13 heterocycles. The molecule has 147 heavy (non-hydrogen) atoms. The van der Waals surface area contributed by atoms with Gasteiger partial charge in [-0.3, -0.25) is 44.5 Å². The number of pyridine rings is 10. The number of hydrogen-bond donors (Lipinski definition) is 1. The zero-order valence-electron chi connectivity index (χ0n) is 80.1. The summed E-state index contributed by atoms with van der Waals surface area (Å²) in [4.78, 5) is 87.9. The van der Waals surface area contributed by atoms with Gasteiger partial charge in [-0.15, -0.1) is 0 Å². The van der Waals surface area contributed by atoms with Crippen LogP contribution >= 0.6 is 31.9 Å². The van der Waals surface area contributed by atoms with Crippen LogP contribution in [0.1, 0.15) is 55.3 Å². The maximum absolute atomic E-state index is 12.0. The van der Waals surface area contributed by atoms with E-state index in [2.05, 4.69) is 336 Å². The molecule has 1 aliphatic rings. The molecule has 1 saturated heterocycles. The molecule has 2 N–H and O–H groups in total. The van der Waals surface area contributed by atoms with Gasteiger partial charge in [0.2, 0.25) is 0 Å². The van der Waals surface area contributed by atoms with Gasteiger partial charge < -0.3 is 15.0 Å². The van der Waals surface area contributed by atoms with E-state index in [4.69, 9.17) is 44.9 Å². The molecule has 0 bridgehead atoms. The number of fused-ring (bicyclic) bond motifs is 16. The topological polar surface area (TPSA) is 259 Å². The average Bonchev–Trinajstić information content (AvgIpc) is 1.58. The fourth-order valence-electron chi connectivity index (χ4n) is 19.0. The van der Waals surface area contributed by atoms with Crippen molar-refractivity contribution in [3.8, 4) is 90.2 Å². The first kappa shape index (κ1) is 92.9. The number of halogens is 2. The van der Waals surface area contributed by atoms with Crippen LogP contribution in [0.15, 0.2) is 423 Å². The minimum atomic E-state index is -0.367. The predicted molar refractivity (Wildman–Crippen MR) is 603 cm³/mol. The zero-order chi connectivity index (χ0) is 100.0. The Balaban J connectivity index is 0.000000108. The molecule has 0 amide bonds. The van der Waals surface area contributed by atoms with Gasteiger partial charge in [-0.05, 0) is 216 Å². The van der Waals surface area contributed by atoms with Gasteiger partial charge in [0.15, 0.2) is 12.1 Å². The molecule has 19 nitrogen and oxygen atoms in total. The predicted octanol–water partition coefficient (Wildman–Crippen LogP) is 29.7. The molecule has 22 heteroatoms. The smallest absolute Gasteiger partial charge is 0.399 e. The number of rotatable bonds is 11. The van der Waals surface area contributed by atoms with Crippen molar-refractivity contribution in [2.75, 3.05) is 5.73 Å². The number of hydrogen-bond acceptors (Lipinski definition) is 19. The number of nitrogens with two attached hydrogens (primary N) is 1. The van der Waals surface area contributed by atoms with E-state index in [1.54, 1.807) is 68.5 Å². The molecular weight excluding hydrogens is 1950 g/mol. The molecule has 0 unspecified atom stereocenters. The van der Waals surface area contributed by atoms with Crippen LogP contribution in [-0.2, 0) is 9.31 Å². The molecule has 12 aromatic heterocycles. The highest BCUT2D eigenvalue weighted by Crippen LogP contribution is 2.43. The van der Waals surface area contributed by atoms with Gasteiger partial charge in [-0.2, -0.15) is 0 Å². The van der Waals surface area contributed by atoms with Crippen molar-refractivity contribution in [2.24, 2.45) is 0 Å². The Bertz CT molecular complexity index is 9740. The molecule has 702 valence electrons. The second kappa shape index (κ2) is 39.5. The first-order valence-corrected chi connectivity index (χ1v) is 49.6. The van der Waals surface area contributed by atoms with E-state index in [0.29, 0.717) is 11.3 Å². The standard InChI is InChI=1S/C44H26N6.C31H18BrN3.C24H16N2O.C19H20BN3O2.C7H6BrNO/c1-2-6-34-33(5-1)35(14-15-36(34)40-18-9-28-8-7-27-4-3-21-47-43(27)44(28)50-40)39-19-12-31-24-29(10-16-37(31)48-39)30-11-17-38-32(25-30)13-20-41(49-38)42-26-45-22-23-46-42;32-22-11-16-27-21(18-22)10-15-28(34-27)25-12-13-26(24-6-2-1-5-23(24)25)29-14-9-20-8-7-19-4-3-17-33-30(19)31(20)35-29;1-15(27)18-11-12-21(20-7-3-2-6-19(18)20)22-13-10-17-9-8-16-5-4-14-25-23(16)24(17)26-22;1-18(2)19(3,4)25-20(24-18)14-6-8-15-13(11-14)5-7-16(23-15)17-12-21-9-10-22-17;8-6-1-2-7(9)5(3-6)4-10/h1-26H;1-18H;2-14H,1H3;5-12H,1-4H3;1-4H,9H2. The summed E-state index contributed by atoms with van der Waals surface area (Å²) in [5, 5.41) is 17.4. The minimum absolute atomic E-state index is 0.0689. The van der Waals surface area contributed by atoms with E-state index in [1.165, 1.54) is 0 Å². The van der Waals surface area contributed by atoms with E-state index in [-0.39, 0.29) is 24.1 Å². The van der Waals surface area contributed by atoms with Crippen LogP contribution in [0.2, 0.25) is 0 Å². The maximum Gasteiger partial charge on any atom is 0.494 e. The molecule has 0 aliphatic carbocycles. The Kier molecular flexibility index (Phi) is 25.0. The number of aldehydes is 1. The van der Waals surface area contributed by atoms with Crippen LogP contribution in [0.25, 0.3) is 232 Å². The first-order chi connectivity index (χ1) is 71.8. The van der Waals surface area contributed by atoms with Gasteiger partial charge in [0.1, 0.15) is 11.4 Å². The lowest BCUT2D eigenvalue weighted by molar-refractivity contribution is 0.00578. The fraction of sp³-hybridized carbons (Fsp3) is 0.0560. The molecule has 27 rings (SSSR count). The number of carbonyl (C=O) groups excluding carboxylic acids is 2. The normalized spacial score (nSPS) is 12.6. The van der Waals surface area contributed by atoms with E-state index < -0.39 is 0 Å². The van der Waals surface area contributed by atoms with Crippen molar-refractivity contribution in [1.29, 1.82) is 0 Å². The lowest BCUT2D eigenvalue weighted by atomic mass is 9.78. The maximum atomic E-state index is 12.0. The van der Waals surface area contributed by atoms with Gasteiger partial charge in [0.25, 0.3) is 0 Å². The molecule has 14 aromatic carbocycles. The van der Waals surface area contributed by atoms with Gasteiger partial charge in [0, 0.05) is 145 Å². The second-order valence-electron chi connectivity index (χ2n) is 37.0. The average molecular weight is 2030 g/mol. The van der Waals surface area contributed by atoms with Gasteiger partial charge in [-0.25, -0.2) is 34.9 Å². The van der Waals surface area contributed by atoms with E-state index in [0.717, 1.165) is 258 Å². The number of nitrogen functional groups attached to an aromatic ring is 1. The SMILES string of the molecule is Brc1ccc2nc(-c3ccc(-c4ccc5ccc6cccnc6c5n4)c4ccccc34)ccc2c1.CC(=O)c1ccc(-c2ccc3ccc4cccnc4c3n2)c2ccccc12.CC1(C)OB(c2ccc3nc(-c4cnccn4)ccc3c2)OC1(C)C.Nc1ccc(Br)cc1C=O.c1cnc2c(c1)ccc1ccc(-c3ccc(-c4ccc5cc(-c6ccc7nc(-c8cnccn8)ccc7c6)ccc5n4)c4ccccc34)nc12. The molecule has 26 aromatic rings. The lowest BCUT2D eigenvalue weighted by Gasteiger charge is -2.32. The molecule has 0 spiro atoms. The Hall–Kier alpha value is -17.8. The van der Waals surface area contributed by atoms with Crippen molar-refractivity contribution in [3.05, 3.63) is 434 Å². The first-order valence-electron chi connectivity index (χ1n) is 48.0. The Labute approximate surface area is 861 Å². The Morgan fingerprint density at radius 2 is 0.619 bits per heavy atom. The quantitative estimate of drug-likeness (QED) is 0.0415. The van der Waals surface area contributed by atoms with Gasteiger partial charge >= 0.3 is 7.12 Å². The van der Waals surface area contributed by atoms with E-state index in [1.807, 2.05) is 116 Å².